The monoisotopic (exact) mass is 373 g/mol. The van der Waals surface area contributed by atoms with Crippen LogP contribution in [0.4, 0.5) is 0 Å². The van der Waals surface area contributed by atoms with Gasteiger partial charge in [0.1, 0.15) is 0 Å². The smallest absolute Gasteiger partial charge is 0.234 e. The third kappa shape index (κ3) is 7.07. The molecule has 0 aliphatic rings. The summed E-state index contributed by atoms with van der Waals surface area (Å²) in [5.41, 5.74) is 0.801. The summed E-state index contributed by atoms with van der Waals surface area (Å²) in [5.74, 6) is -0.249. The Morgan fingerprint density at radius 2 is 1.67 bits per heavy atom. The summed E-state index contributed by atoms with van der Waals surface area (Å²) in [6, 6.07) is 5.02. The van der Waals surface area contributed by atoms with Crippen LogP contribution in [0.3, 0.4) is 0 Å². The van der Waals surface area contributed by atoms with Crippen molar-refractivity contribution in [2.45, 2.75) is 39.8 Å². The molecule has 0 unspecified atom stereocenters. The van der Waals surface area contributed by atoms with Crippen molar-refractivity contribution in [3.05, 3.63) is 33.8 Å². The van der Waals surface area contributed by atoms with Gasteiger partial charge in [-0.3, -0.25) is 14.5 Å². The minimum atomic E-state index is -0.245. The first-order valence-electron chi connectivity index (χ1n) is 7.99. The lowest BCUT2D eigenvalue weighted by atomic mass is 10.1. The molecule has 2 N–H and O–H groups in total. The first kappa shape index (κ1) is 20.7. The highest BCUT2D eigenvalue weighted by Crippen LogP contribution is 2.25. The number of amides is 2. The molecule has 134 valence electrons. The molecular formula is C17H25Cl2N3O2. The predicted molar refractivity (Wildman–Crippen MR) is 98.4 cm³/mol. The van der Waals surface area contributed by atoms with Crippen molar-refractivity contribution in [2.24, 2.45) is 0 Å². The number of hydrogen-bond donors (Lipinski definition) is 2. The van der Waals surface area contributed by atoms with Crippen molar-refractivity contribution < 1.29 is 9.59 Å². The van der Waals surface area contributed by atoms with E-state index in [1.165, 1.54) is 0 Å². The molecule has 1 rings (SSSR count). The van der Waals surface area contributed by atoms with Crippen LogP contribution in [0.5, 0.6) is 0 Å². The molecule has 0 fully saturated rings. The minimum absolute atomic E-state index is 0.0806. The van der Waals surface area contributed by atoms with Crippen LogP contribution in [0.1, 0.15) is 39.3 Å². The number of nitrogens with one attached hydrogen (secondary N) is 2. The summed E-state index contributed by atoms with van der Waals surface area (Å²) in [6.45, 7) is 8.52. The molecular weight excluding hydrogens is 349 g/mol. The second kappa shape index (κ2) is 9.87. The number of carbonyl (C=O) groups is 2. The molecule has 0 aliphatic carbocycles. The Morgan fingerprint density at radius 1 is 1.08 bits per heavy atom. The van der Waals surface area contributed by atoms with Crippen LogP contribution in [0, 0.1) is 0 Å². The van der Waals surface area contributed by atoms with Gasteiger partial charge in [-0.2, -0.15) is 0 Å². The van der Waals surface area contributed by atoms with Gasteiger partial charge in [-0.15, -0.1) is 0 Å². The van der Waals surface area contributed by atoms with Crippen LogP contribution in [-0.4, -0.2) is 42.4 Å². The number of halogens is 2. The number of carbonyl (C=O) groups excluding carboxylic acids is 2. The topological polar surface area (TPSA) is 61.4 Å². The molecule has 0 heterocycles. The molecule has 1 aromatic carbocycles. The Hall–Kier alpha value is -1.30. The van der Waals surface area contributed by atoms with Crippen LogP contribution in [0.25, 0.3) is 0 Å². The maximum atomic E-state index is 12.2. The quantitative estimate of drug-likeness (QED) is 0.735. The summed E-state index contributed by atoms with van der Waals surface area (Å²) < 4.78 is 0. The fraction of sp³-hybridized carbons (Fsp3) is 0.529. The second-order valence-corrected chi connectivity index (χ2v) is 6.82. The van der Waals surface area contributed by atoms with Gasteiger partial charge in [0.15, 0.2) is 0 Å². The lowest BCUT2D eigenvalue weighted by Gasteiger charge is -2.22. The Labute approximate surface area is 153 Å². The van der Waals surface area contributed by atoms with E-state index in [-0.39, 0.29) is 37.0 Å². The third-order valence-electron chi connectivity index (χ3n) is 3.44. The van der Waals surface area contributed by atoms with Crippen molar-refractivity contribution in [3.63, 3.8) is 0 Å². The molecule has 1 aromatic rings. The maximum Gasteiger partial charge on any atom is 0.234 e. The van der Waals surface area contributed by atoms with Gasteiger partial charge in [0.05, 0.1) is 19.1 Å². The van der Waals surface area contributed by atoms with E-state index in [0.29, 0.717) is 16.6 Å². The van der Waals surface area contributed by atoms with Gasteiger partial charge in [-0.05, 0) is 45.0 Å². The molecule has 24 heavy (non-hydrogen) atoms. The molecule has 5 nitrogen and oxygen atoms in total. The molecule has 0 saturated carbocycles. The molecule has 1 atom stereocenters. The van der Waals surface area contributed by atoms with Gasteiger partial charge < -0.3 is 10.6 Å². The SMILES string of the molecule is CCN(CC(=O)NC(C)C)CC(=O)N[C@H](C)c1ccc(Cl)cc1Cl. The van der Waals surface area contributed by atoms with E-state index in [1.807, 2.05) is 27.7 Å². The number of hydrogen-bond acceptors (Lipinski definition) is 3. The third-order valence-corrected chi connectivity index (χ3v) is 4.00. The summed E-state index contributed by atoms with van der Waals surface area (Å²) in [6.07, 6.45) is 0. The van der Waals surface area contributed by atoms with E-state index < -0.39 is 0 Å². The fourth-order valence-electron chi connectivity index (χ4n) is 2.27. The average Bonchev–Trinajstić information content (AvgIpc) is 2.45. The Morgan fingerprint density at radius 3 is 2.17 bits per heavy atom. The van der Waals surface area contributed by atoms with Crippen molar-refractivity contribution in [1.29, 1.82) is 0 Å². The highest BCUT2D eigenvalue weighted by atomic mass is 35.5. The van der Waals surface area contributed by atoms with Crippen LogP contribution in [-0.2, 0) is 9.59 Å². The minimum Gasteiger partial charge on any atom is -0.353 e. The Bertz CT molecular complexity index is 579. The highest BCUT2D eigenvalue weighted by molar-refractivity contribution is 6.35. The summed E-state index contributed by atoms with van der Waals surface area (Å²) in [5, 5.41) is 6.78. The lowest BCUT2D eigenvalue weighted by Crippen LogP contribution is -2.44. The lowest BCUT2D eigenvalue weighted by molar-refractivity contribution is -0.125. The second-order valence-electron chi connectivity index (χ2n) is 5.98. The zero-order chi connectivity index (χ0) is 18.3. The fourth-order valence-corrected chi connectivity index (χ4v) is 2.84. The van der Waals surface area contributed by atoms with Gasteiger partial charge in [0.25, 0.3) is 0 Å². The Kier molecular flexibility index (Phi) is 8.53. The summed E-state index contributed by atoms with van der Waals surface area (Å²) in [4.78, 5) is 25.8. The van der Waals surface area contributed by atoms with Crippen molar-refractivity contribution in [1.82, 2.24) is 15.5 Å². The van der Waals surface area contributed by atoms with Crippen molar-refractivity contribution >= 4 is 35.0 Å². The predicted octanol–water partition coefficient (Wildman–Crippen LogP) is 3.02. The van der Waals surface area contributed by atoms with E-state index >= 15 is 0 Å². The normalized spacial score (nSPS) is 12.3. The standard InChI is InChI=1S/C17H25Cl2N3O2/c1-5-22(9-16(23)20-11(2)3)10-17(24)21-12(4)14-7-6-13(18)8-15(14)19/h6-8,11-12H,5,9-10H2,1-4H3,(H,20,23)(H,21,24)/t12-/m1/s1. The molecule has 0 aromatic heterocycles. The average molecular weight is 374 g/mol. The van der Waals surface area contributed by atoms with E-state index in [1.54, 1.807) is 23.1 Å². The molecule has 0 radical (unpaired) electrons. The Balaban J connectivity index is 2.58. The molecule has 7 heteroatoms. The van der Waals surface area contributed by atoms with E-state index in [9.17, 15) is 9.59 Å². The van der Waals surface area contributed by atoms with Gasteiger partial charge in [-0.25, -0.2) is 0 Å². The number of benzene rings is 1. The van der Waals surface area contributed by atoms with Crippen molar-refractivity contribution in [3.8, 4) is 0 Å². The molecule has 2 amide bonds. The van der Waals surface area contributed by atoms with Crippen LogP contribution in [0.15, 0.2) is 18.2 Å². The van der Waals surface area contributed by atoms with Gasteiger partial charge in [0.2, 0.25) is 11.8 Å². The molecule has 0 spiro atoms. The molecule has 0 bridgehead atoms. The van der Waals surface area contributed by atoms with Gasteiger partial charge in [-0.1, -0.05) is 36.2 Å². The van der Waals surface area contributed by atoms with Gasteiger partial charge >= 0.3 is 0 Å². The summed E-state index contributed by atoms with van der Waals surface area (Å²) >= 11 is 12.0. The van der Waals surface area contributed by atoms with Crippen LogP contribution in [0.2, 0.25) is 10.0 Å². The zero-order valence-electron chi connectivity index (χ0n) is 14.5. The number of nitrogens with zero attached hydrogens (tertiary/aromatic N) is 1. The van der Waals surface area contributed by atoms with E-state index in [4.69, 9.17) is 23.2 Å². The number of rotatable bonds is 8. The van der Waals surface area contributed by atoms with E-state index in [2.05, 4.69) is 10.6 Å². The largest absolute Gasteiger partial charge is 0.353 e. The molecule has 0 saturated heterocycles. The first-order valence-corrected chi connectivity index (χ1v) is 8.74. The zero-order valence-corrected chi connectivity index (χ0v) is 16.0. The summed E-state index contributed by atoms with van der Waals surface area (Å²) in [7, 11) is 0. The highest BCUT2D eigenvalue weighted by Gasteiger charge is 2.17. The van der Waals surface area contributed by atoms with Crippen molar-refractivity contribution in [2.75, 3.05) is 19.6 Å². The van der Waals surface area contributed by atoms with E-state index in [0.717, 1.165) is 5.56 Å². The molecule has 0 aliphatic heterocycles. The first-order chi connectivity index (χ1) is 11.2. The maximum absolute atomic E-state index is 12.2. The van der Waals surface area contributed by atoms with Crippen LogP contribution >= 0.6 is 23.2 Å². The van der Waals surface area contributed by atoms with Crippen LogP contribution < -0.4 is 10.6 Å². The van der Waals surface area contributed by atoms with Gasteiger partial charge in [0, 0.05) is 16.1 Å². The number of likely N-dealkylation sites (N-methyl/N-ethyl adjacent to an activating group) is 1.